The second-order valence-electron chi connectivity index (χ2n) is 11.4. The Morgan fingerprint density at radius 3 is 2.79 bits per heavy atom. The van der Waals surface area contributed by atoms with Crippen LogP contribution in [0.2, 0.25) is 0 Å². The van der Waals surface area contributed by atoms with Crippen LogP contribution < -0.4 is 5.73 Å². The molecule has 3 nitrogen and oxygen atoms in total. The topological polar surface area (TPSA) is 55.5 Å². The summed E-state index contributed by atoms with van der Waals surface area (Å²) in [6.07, 6.45) is 17.2. The first kappa shape index (κ1) is 17.7. The SMILES string of the molecule is CCC12CCC3C(C(=C4CC4)CC4=CC(O)CCC43N)C1C1CC1C21C=CCO1. The van der Waals surface area contributed by atoms with E-state index in [9.17, 15) is 5.11 Å². The smallest absolute Gasteiger partial charge is 0.0957 e. The Bertz CT molecular complexity index is 866. The lowest BCUT2D eigenvalue weighted by Crippen LogP contribution is -2.63. The second kappa shape index (κ2) is 5.47. The Kier molecular flexibility index (Phi) is 3.35. The molecule has 0 bridgehead atoms. The highest BCUT2D eigenvalue weighted by atomic mass is 16.5. The van der Waals surface area contributed by atoms with Gasteiger partial charge in [0.15, 0.2) is 0 Å². The number of nitrogens with two attached hydrogens (primary N) is 1. The predicted octanol–water partition coefficient (Wildman–Crippen LogP) is 4.27. The number of aliphatic hydroxyl groups is 1. The molecule has 3 N–H and O–H groups in total. The van der Waals surface area contributed by atoms with Gasteiger partial charge in [0.05, 0.1) is 18.3 Å². The van der Waals surface area contributed by atoms with Crippen LogP contribution in [0, 0.1) is 35.0 Å². The minimum absolute atomic E-state index is 0.0159. The Morgan fingerprint density at radius 1 is 1.21 bits per heavy atom. The van der Waals surface area contributed by atoms with Crippen LogP contribution in [0.25, 0.3) is 0 Å². The molecule has 7 rings (SSSR count). The lowest BCUT2D eigenvalue weighted by Gasteiger charge is -2.61. The maximum absolute atomic E-state index is 10.3. The van der Waals surface area contributed by atoms with Crippen LogP contribution in [0.1, 0.15) is 64.7 Å². The Morgan fingerprint density at radius 2 is 2.07 bits per heavy atom. The largest absolute Gasteiger partial charge is 0.389 e. The number of rotatable bonds is 1. The Labute approximate surface area is 174 Å². The van der Waals surface area contributed by atoms with E-state index in [0.717, 1.165) is 43.6 Å². The summed E-state index contributed by atoms with van der Waals surface area (Å²) in [4.78, 5) is 0. The highest BCUT2D eigenvalue weighted by molar-refractivity contribution is 5.45. The number of allylic oxidation sites excluding steroid dienone is 2. The van der Waals surface area contributed by atoms with Crippen molar-refractivity contribution in [1.29, 1.82) is 0 Å². The summed E-state index contributed by atoms with van der Waals surface area (Å²) in [7, 11) is 0. The quantitative estimate of drug-likeness (QED) is 0.654. The van der Waals surface area contributed by atoms with Gasteiger partial charge in [-0.25, -0.2) is 0 Å². The number of hydrogen-bond donors (Lipinski definition) is 2. The van der Waals surface area contributed by atoms with Crippen molar-refractivity contribution in [3.8, 4) is 0 Å². The number of hydrogen-bond acceptors (Lipinski definition) is 3. The predicted molar refractivity (Wildman–Crippen MR) is 113 cm³/mol. The first-order valence-corrected chi connectivity index (χ1v) is 12.2. The summed E-state index contributed by atoms with van der Waals surface area (Å²) >= 11 is 0. The van der Waals surface area contributed by atoms with E-state index in [4.69, 9.17) is 10.5 Å². The number of fused-ring (bicyclic) bond motifs is 9. The average molecular weight is 394 g/mol. The van der Waals surface area contributed by atoms with Gasteiger partial charge >= 0.3 is 0 Å². The zero-order valence-electron chi connectivity index (χ0n) is 17.7. The third-order valence-corrected chi connectivity index (χ3v) is 10.6. The highest BCUT2D eigenvalue weighted by Gasteiger charge is 2.78. The first-order valence-electron chi connectivity index (χ1n) is 12.2. The summed E-state index contributed by atoms with van der Waals surface area (Å²) in [6.45, 7) is 3.24. The van der Waals surface area contributed by atoms with Crippen molar-refractivity contribution in [2.75, 3.05) is 6.61 Å². The molecular formula is C26H35NO2. The third kappa shape index (κ3) is 1.97. The molecule has 5 fully saturated rings. The first-order chi connectivity index (χ1) is 14.0. The summed E-state index contributed by atoms with van der Waals surface area (Å²) in [5.74, 6) is 3.54. The monoisotopic (exact) mass is 393 g/mol. The molecule has 1 aliphatic heterocycles. The summed E-state index contributed by atoms with van der Waals surface area (Å²) in [6, 6.07) is 0. The fourth-order valence-electron chi connectivity index (χ4n) is 9.42. The van der Waals surface area contributed by atoms with E-state index in [0.29, 0.717) is 17.3 Å². The standard InChI is InChI=1S/C26H35NO2/c1-2-24-9-7-20-22(23(24)19-14-21(19)26(24)8-3-11-29-26)18(15-4-5-15)13-16-12-17(28)6-10-25(16,20)27/h3,8,12,17,19-23,28H,2,4-7,9-11,13-14,27H2,1H3. The fourth-order valence-corrected chi connectivity index (χ4v) is 9.42. The van der Waals surface area contributed by atoms with Gasteiger partial charge in [0.25, 0.3) is 0 Å². The van der Waals surface area contributed by atoms with Crippen molar-refractivity contribution in [2.45, 2.75) is 82.0 Å². The van der Waals surface area contributed by atoms with Crippen LogP contribution in [0.3, 0.4) is 0 Å². The molecule has 3 heteroatoms. The maximum atomic E-state index is 10.3. The molecule has 0 aromatic carbocycles. The fraction of sp³-hybridized carbons (Fsp3) is 0.769. The van der Waals surface area contributed by atoms with Crippen LogP contribution in [0.4, 0.5) is 0 Å². The second-order valence-corrected chi connectivity index (χ2v) is 11.4. The van der Waals surface area contributed by atoms with E-state index in [2.05, 4.69) is 25.2 Å². The summed E-state index contributed by atoms with van der Waals surface area (Å²) in [5.41, 5.74) is 12.3. The molecule has 0 aromatic rings. The molecular weight excluding hydrogens is 358 g/mol. The third-order valence-electron chi connectivity index (χ3n) is 10.6. The van der Waals surface area contributed by atoms with E-state index >= 15 is 0 Å². The Balaban J connectivity index is 1.39. The molecule has 1 heterocycles. The van der Waals surface area contributed by atoms with Crippen LogP contribution in [0.5, 0.6) is 0 Å². The highest BCUT2D eigenvalue weighted by Crippen LogP contribution is 2.79. The van der Waals surface area contributed by atoms with E-state index in [1.54, 1.807) is 11.1 Å². The van der Waals surface area contributed by atoms with Crippen LogP contribution in [-0.4, -0.2) is 29.0 Å². The maximum Gasteiger partial charge on any atom is 0.0957 e. The van der Waals surface area contributed by atoms with Gasteiger partial charge in [-0.05, 0) is 93.0 Å². The molecule has 9 unspecified atom stereocenters. The molecule has 0 radical (unpaired) electrons. The van der Waals surface area contributed by atoms with Gasteiger partial charge in [0.2, 0.25) is 0 Å². The molecule has 0 amide bonds. The van der Waals surface area contributed by atoms with Crippen molar-refractivity contribution in [3.05, 3.63) is 34.9 Å². The molecule has 6 aliphatic carbocycles. The molecule has 5 saturated carbocycles. The molecule has 7 aliphatic rings. The number of ether oxygens (including phenoxy) is 1. The normalized spacial score (nSPS) is 56.6. The van der Waals surface area contributed by atoms with Crippen molar-refractivity contribution < 1.29 is 9.84 Å². The van der Waals surface area contributed by atoms with Gasteiger partial charge in [-0.2, -0.15) is 0 Å². The number of aliphatic hydroxyl groups excluding tert-OH is 1. The lowest BCUT2D eigenvalue weighted by molar-refractivity contribution is -0.137. The molecule has 29 heavy (non-hydrogen) atoms. The van der Waals surface area contributed by atoms with Crippen LogP contribution >= 0.6 is 0 Å². The van der Waals surface area contributed by atoms with Crippen molar-refractivity contribution in [2.24, 2.45) is 40.7 Å². The van der Waals surface area contributed by atoms with E-state index < -0.39 is 0 Å². The molecule has 0 saturated heterocycles. The lowest BCUT2D eigenvalue weighted by atomic mass is 9.45. The van der Waals surface area contributed by atoms with E-state index in [-0.39, 0.29) is 17.2 Å². The van der Waals surface area contributed by atoms with Gasteiger partial charge in [-0.1, -0.05) is 36.3 Å². The minimum atomic E-state index is -0.290. The minimum Gasteiger partial charge on any atom is -0.389 e. The van der Waals surface area contributed by atoms with E-state index in [1.807, 2.05) is 0 Å². The summed E-state index contributed by atoms with van der Waals surface area (Å²) in [5, 5.41) is 10.3. The Hall–Kier alpha value is -0.900. The van der Waals surface area contributed by atoms with Gasteiger partial charge in [-0.15, -0.1) is 0 Å². The summed E-state index contributed by atoms with van der Waals surface area (Å²) < 4.78 is 6.65. The average Bonchev–Trinajstić information content (AvgIpc) is 3.65. The molecule has 9 atom stereocenters. The van der Waals surface area contributed by atoms with Crippen LogP contribution in [-0.2, 0) is 4.74 Å². The molecule has 1 spiro atoms. The zero-order valence-corrected chi connectivity index (χ0v) is 17.7. The molecule has 0 aromatic heterocycles. The van der Waals surface area contributed by atoms with E-state index in [1.165, 1.54) is 44.1 Å². The van der Waals surface area contributed by atoms with Crippen molar-refractivity contribution in [3.63, 3.8) is 0 Å². The van der Waals surface area contributed by atoms with Crippen molar-refractivity contribution in [1.82, 2.24) is 0 Å². The van der Waals surface area contributed by atoms with Gasteiger partial charge in [0, 0.05) is 11.0 Å². The van der Waals surface area contributed by atoms with Gasteiger partial charge in [-0.3, -0.25) is 0 Å². The van der Waals surface area contributed by atoms with Gasteiger partial charge < -0.3 is 15.6 Å². The van der Waals surface area contributed by atoms with Crippen LogP contribution in [0.15, 0.2) is 34.9 Å². The van der Waals surface area contributed by atoms with Gasteiger partial charge in [0.1, 0.15) is 0 Å². The zero-order chi connectivity index (χ0) is 19.6. The van der Waals surface area contributed by atoms with Crippen molar-refractivity contribution >= 4 is 0 Å². The molecule has 156 valence electrons.